The molecule has 2 aromatic carbocycles. The molecule has 3 nitrogen and oxygen atoms in total. The summed E-state index contributed by atoms with van der Waals surface area (Å²) in [6.45, 7) is 2.00. The van der Waals surface area contributed by atoms with Crippen LogP contribution in [0.5, 0.6) is 0 Å². The van der Waals surface area contributed by atoms with Gasteiger partial charge in [0.2, 0.25) is 0 Å². The maximum absolute atomic E-state index is 12.0. The first-order chi connectivity index (χ1) is 9.72. The molecule has 0 aliphatic rings. The molecule has 0 aliphatic heterocycles. The molecule has 3 rings (SSSR count). The van der Waals surface area contributed by atoms with Crippen molar-refractivity contribution in [3.8, 4) is 0 Å². The van der Waals surface area contributed by atoms with Crippen molar-refractivity contribution in [2.45, 2.75) is 6.92 Å². The largest absolute Gasteiger partial charge is 0.321 e. The molecular weight excluding hydrogens is 248 g/mol. The Hall–Kier alpha value is -2.68. The summed E-state index contributed by atoms with van der Waals surface area (Å²) in [7, 11) is 0. The number of para-hydroxylation sites is 1. The molecule has 3 heteroatoms. The van der Waals surface area contributed by atoms with E-state index in [9.17, 15) is 4.79 Å². The average molecular weight is 262 g/mol. The second-order valence-electron chi connectivity index (χ2n) is 4.74. The Bertz CT molecular complexity index is 832. The lowest BCUT2D eigenvalue weighted by molar-refractivity contribution is 1.28. The minimum atomic E-state index is -0.122. The first-order valence-electron chi connectivity index (χ1n) is 6.45. The van der Waals surface area contributed by atoms with Gasteiger partial charge < -0.3 is 4.98 Å². The zero-order valence-corrected chi connectivity index (χ0v) is 11.1. The SMILES string of the molecule is Cc1ccc2cc(C=Nc3ccccc3)c(=O)[nH]c2c1. The van der Waals surface area contributed by atoms with Crippen molar-refractivity contribution >= 4 is 22.8 Å². The summed E-state index contributed by atoms with van der Waals surface area (Å²) in [5, 5.41) is 1.00. The number of hydrogen-bond donors (Lipinski definition) is 1. The number of aliphatic imine (C=N–C) groups is 1. The van der Waals surface area contributed by atoms with Gasteiger partial charge in [-0.1, -0.05) is 30.3 Å². The van der Waals surface area contributed by atoms with Crippen molar-refractivity contribution in [3.05, 3.63) is 76.1 Å². The van der Waals surface area contributed by atoms with Crippen molar-refractivity contribution in [3.63, 3.8) is 0 Å². The van der Waals surface area contributed by atoms with E-state index < -0.39 is 0 Å². The molecule has 0 spiro atoms. The third kappa shape index (κ3) is 2.52. The van der Waals surface area contributed by atoms with E-state index >= 15 is 0 Å². The van der Waals surface area contributed by atoms with E-state index in [1.807, 2.05) is 61.5 Å². The summed E-state index contributed by atoms with van der Waals surface area (Å²) in [5.74, 6) is 0. The summed E-state index contributed by atoms with van der Waals surface area (Å²) in [6.07, 6.45) is 1.60. The highest BCUT2D eigenvalue weighted by Crippen LogP contribution is 2.13. The van der Waals surface area contributed by atoms with Crippen LogP contribution in [0.4, 0.5) is 5.69 Å². The smallest absolute Gasteiger partial charge is 0.257 e. The molecule has 98 valence electrons. The van der Waals surface area contributed by atoms with E-state index in [-0.39, 0.29) is 5.56 Å². The van der Waals surface area contributed by atoms with Gasteiger partial charge in [-0.3, -0.25) is 9.79 Å². The van der Waals surface area contributed by atoms with Crippen molar-refractivity contribution in [2.75, 3.05) is 0 Å². The number of fused-ring (bicyclic) bond motifs is 1. The van der Waals surface area contributed by atoms with Gasteiger partial charge in [-0.2, -0.15) is 0 Å². The van der Waals surface area contributed by atoms with Gasteiger partial charge in [0.15, 0.2) is 0 Å². The quantitative estimate of drug-likeness (QED) is 0.705. The number of nitrogens with one attached hydrogen (secondary N) is 1. The van der Waals surface area contributed by atoms with Crippen molar-refractivity contribution in [1.29, 1.82) is 0 Å². The van der Waals surface area contributed by atoms with Gasteiger partial charge in [-0.15, -0.1) is 0 Å². The van der Waals surface area contributed by atoms with Crippen LogP contribution in [-0.4, -0.2) is 11.2 Å². The van der Waals surface area contributed by atoms with Gasteiger partial charge in [0.25, 0.3) is 5.56 Å². The van der Waals surface area contributed by atoms with Crippen LogP contribution < -0.4 is 5.56 Å². The number of aromatic amines is 1. The number of aryl methyl sites for hydroxylation is 1. The number of benzene rings is 2. The summed E-state index contributed by atoms with van der Waals surface area (Å²) in [5.41, 5.74) is 3.25. The average Bonchev–Trinajstić information content (AvgIpc) is 2.46. The van der Waals surface area contributed by atoms with Crippen LogP contribution in [0.15, 0.2) is 64.4 Å². The molecule has 0 fully saturated rings. The normalized spacial score (nSPS) is 11.2. The molecular formula is C17H14N2O. The maximum Gasteiger partial charge on any atom is 0.257 e. The summed E-state index contributed by atoms with van der Waals surface area (Å²) in [4.78, 5) is 19.2. The predicted molar refractivity (Wildman–Crippen MR) is 83.0 cm³/mol. The fourth-order valence-electron chi connectivity index (χ4n) is 2.09. The second-order valence-corrected chi connectivity index (χ2v) is 4.74. The van der Waals surface area contributed by atoms with Crippen LogP contribution in [-0.2, 0) is 0 Å². The Morgan fingerprint density at radius 1 is 1.05 bits per heavy atom. The number of aromatic nitrogens is 1. The minimum absolute atomic E-state index is 0.122. The van der Waals surface area contributed by atoms with E-state index in [1.54, 1.807) is 6.21 Å². The monoisotopic (exact) mass is 262 g/mol. The molecule has 0 bridgehead atoms. The Kier molecular flexibility index (Phi) is 3.17. The van der Waals surface area contributed by atoms with Crippen LogP contribution >= 0.6 is 0 Å². The first-order valence-corrected chi connectivity index (χ1v) is 6.45. The molecule has 1 N–H and O–H groups in total. The molecule has 0 atom stereocenters. The number of pyridine rings is 1. The first kappa shape index (κ1) is 12.4. The lowest BCUT2D eigenvalue weighted by Crippen LogP contribution is -2.11. The molecule has 20 heavy (non-hydrogen) atoms. The van der Waals surface area contributed by atoms with E-state index in [0.29, 0.717) is 5.56 Å². The topological polar surface area (TPSA) is 45.2 Å². The van der Waals surface area contributed by atoms with Crippen LogP contribution in [0.25, 0.3) is 10.9 Å². The maximum atomic E-state index is 12.0. The van der Waals surface area contributed by atoms with Gasteiger partial charge >= 0.3 is 0 Å². The number of nitrogens with zero attached hydrogens (tertiary/aromatic N) is 1. The zero-order chi connectivity index (χ0) is 13.9. The van der Waals surface area contributed by atoms with Gasteiger partial charge in [-0.05, 0) is 42.1 Å². The molecule has 0 amide bonds. The fraction of sp³-hybridized carbons (Fsp3) is 0.0588. The van der Waals surface area contributed by atoms with Gasteiger partial charge in [0, 0.05) is 11.7 Å². The second kappa shape index (κ2) is 5.13. The molecule has 3 aromatic rings. The zero-order valence-electron chi connectivity index (χ0n) is 11.1. The van der Waals surface area contributed by atoms with E-state index in [0.717, 1.165) is 22.2 Å². The van der Waals surface area contributed by atoms with Gasteiger partial charge in [-0.25, -0.2) is 0 Å². The number of hydrogen-bond acceptors (Lipinski definition) is 2. The van der Waals surface area contributed by atoms with Crippen LogP contribution in [0.2, 0.25) is 0 Å². The Morgan fingerprint density at radius 3 is 2.65 bits per heavy atom. The summed E-state index contributed by atoms with van der Waals surface area (Å²) < 4.78 is 0. The Balaban J connectivity index is 2.04. The summed E-state index contributed by atoms with van der Waals surface area (Å²) >= 11 is 0. The molecule has 0 unspecified atom stereocenters. The van der Waals surface area contributed by atoms with Crippen molar-refractivity contribution in [1.82, 2.24) is 4.98 Å². The van der Waals surface area contributed by atoms with E-state index in [2.05, 4.69) is 9.98 Å². The summed E-state index contributed by atoms with van der Waals surface area (Å²) in [6, 6.07) is 17.4. The third-order valence-electron chi connectivity index (χ3n) is 3.14. The molecule has 0 saturated carbocycles. The van der Waals surface area contributed by atoms with Crippen LogP contribution in [0.3, 0.4) is 0 Å². The van der Waals surface area contributed by atoms with Gasteiger partial charge in [0.1, 0.15) is 0 Å². The highest BCUT2D eigenvalue weighted by atomic mass is 16.1. The highest BCUT2D eigenvalue weighted by molar-refractivity contribution is 5.88. The fourth-order valence-corrected chi connectivity index (χ4v) is 2.09. The lowest BCUT2D eigenvalue weighted by atomic mass is 10.1. The van der Waals surface area contributed by atoms with Crippen molar-refractivity contribution in [2.24, 2.45) is 4.99 Å². The molecule has 1 heterocycles. The molecule has 0 saturated heterocycles. The predicted octanol–water partition coefficient (Wildman–Crippen LogP) is 3.59. The van der Waals surface area contributed by atoms with Crippen LogP contribution in [0.1, 0.15) is 11.1 Å². The lowest BCUT2D eigenvalue weighted by Gasteiger charge is -2.01. The minimum Gasteiger partial charge on any atom is -0.321 e. The molecule has 0 radical (unpaired) electrons. The van der Waals surface area contributed by atoms with E-state index in [4.69, 9.17) is 0 Å². The Labute approximate surface area is 116 Å². The van der Waals surface area contributed by atoms with Crippen molar-refractivity contribution < 1.29 is 0 Å². The third-order valence-corrected chi connectivity index (χ3v) is 3.14. The van der Waals surface area contributed by atoms with Crippen LogP contribution in [0, 0.1) is 6.92 Å². The molecule has 1 aromatic heterocycles. The highest BCUT2D eigenvalue weighted by Gasteiger charge is 2.01. The molecule has 0 aliphatic carbocycles. The standard InChI is InChI=1S/C17H14N2O/c1-12-7-8-13-10-14(17(20)19-16(13)9-12)11-18-15-5-3-2-4-6-15/h2-11H,1H3,(H,19,20). The van der Waals surface area contributed by atoms with E-state index in [1.165, 1.54) is 0 Å². The Morgan fingerprint density at radius 2 is 1.85 bits per heavy atom. The van der Waals surface area contributed by atoms with Gasteiger partial charge in [0.05, 0.1) is 11.3 Å². The number of H-pyrrole nitrogens is 1. The number of rotatable bonds is 2.